The van der Waals surface area contributed by atoms with Gasteiger partial charge in [-0.3, -0.25) is 0 Å². The van der Waals surface area contributed by atoms with Crippen molar-refractivity contribution in [1.29, 1.82) is 0 Å². The Morgan fingerprint density at radius 2 is 1.18 bits per heavy atom. The highest BCUT2D eigenvalue weighted by molar-refractivity contribution is 6.24. The number of aromatic nitrogens is 1. The number of rotatable bonds is 4. The minimum atomic E-state index is -0.452. The first-order valence-corrected chi connectivity index (χ1v) is 17.1. The molecule has 6 heteroatoms. The van der Waals surface area contributed by atoms with Gasteiger partial charge in [-0.2, -0.15) is 0 Å². The molecule has 1 aliphatic rings. The van der Waals surface area contributed by atoms with Gasteiger partial charge in [-0.05, 0) is 36.4 Å². The van der Waals surface area contributed by atoms with Crippen LogP contribution in [0.25, 0.3) is 71.4 Å². The minimum absolute atomic E-state index is 0.452. The maximum absolute atomic E-state index is 6.64. The molecule has 0 radical (unpaired) electrons. The fraction of sp³-hybridized carbons (Fsp3) is 0.0222. The van der Waals surface area contributed by atoms with Crippen LogP contribution in [-0.2, 0) is 0 Å². The Bertz CT molecular complexity index is 3060. The Morgan fingerprint density at radius 1 is 0.510 bits per heavy atom. The van der Waals surface area contributed by atoms with Crippen molar-refractivity contribution in [2.75, 3.05) is 0 Å². The maximum Gasteiger partial charge on any atom is 0.159 e. The molecule has 3 aromatic heterocycles. The summed E-state index contributed by atoms with van der Waals surface area (Å²) in [5.41, 5.74) is 9.46. The van der Waals surface area contributed by atoms with Crippen molar-refractivity contribution in [3.05, 3.63) is 174 Å². The molecule has 10 aromatic rings. The highest BCUT2D eigenvalue weighted by atomic mass is 16.3. The van der Waals surface area contributed by atoms with E-state index >= 15 is 0 Å². The van der Waals surface area contributed by atoms with Gasteiger partial charge in [0.15, 0.2) is 5.84 Å². The SMILES string of the molecule is c1ccc(C2=NC(c3cc(-n4c5ccccc5c5c6oc7ccccc7c6ccc54)cc4oc5ccccc5c34)NC(c3ccccc3)=N2)cc1. The molecular weight excluding hydrogens is 629 g/mol. The van der Waals surface area contributed by atoms with Gasteiger partial charge in [-0.15, -0.1) is 0 Å². The van der Waals surface area contributed by atoms with E-state index < -0.39 is 6.17 Å². The molecule has 0 aliphatic carbocycles. The highest BCUT2D eigenvalue weighted by Crippen LogP contribution is 2.43. The largest absolute Gasteiger partial charge is 0.456 e. The molecule has 1 aliphatic heterocycles. The third-order valence-corrected chi connectivity index (χ3v) is 10.0. The fourth-order valence-corrected chi connectivity index (χ4v) is 7.80. The fourth-order valence-electron chi connectivity index (χ4n) is 7.80. The second kappa shape index (κ2) is 10.8. The van der Waals surface area contributed by atoms with E-state index in [1.807, 2.05) is 60.7 Å². The molecule has 0 fully saturated rings. The lowest BCUT2D eigenvalue weighted by atomic mass is 10.0. The van der Waals surface area contributed by atoms with Gasteiger partial charge in [-0.1, -0.05) is 115 Å². The third kappa shape index (κ3) is 4.23. The lowest BCUT2D eigenvalue weighted by molar-refractivity contribution is 0.661. The summed E-state index contributed by atoms with van der Waals surface area (Å²) in [5.74, 6) is 1.44. The summed E-state index contributed by atoms with van der Waals surface area (Å²) in [4.78, 5) is 10.3. The number of benzene rings is 7. The number of aliphatic imine (C=N–C) groups is 2. The zero-order valence-corrected chi connectivity index (χ0v) is 27.2. The Labute approximate surface area is 291 Å². The van der Waals surface area contributed by atoms with Crippen LogP contribution in [0.3, 0.4) is 0 Å². The predicted molar refractivity (Wildman–Crippen MR) is 207 cm³/mol. The topological polar surface area (TPSA) is 68.0 Å². The van der Waals surface area contributed by atoms with Gasteiger partial charge in [0.1, 0.15) is 34.3 Å². The lowest BCUT2D eigenvalue weighted by Crippen LogP contribution is -2.33. The summed E-state index contributed by atoms with van der Waals surface area (Å²) in [6, 6.07) is 54.3. The van der Waals surface area contributed by atoms with Crippen LogP contribution in [0.1, 0.15) is 22.9 Å². The Balaban J connectivity index is 1.20. The Morgan fingerprint density at radius 3 is 1.98 bits per heavy atom. The molecule has 6 nitrogen and oxygen atoms in total. The van der Waals surface area contributed by atoms with E-state index in [4.69, 9.17) is 18.8 Å². The molecule has 1 atom stereocenters. The van der Waals surface area contributed by atoms with Gasteiger partial charge in [0.2, 0.25) is 0 Å². The summed E-state index contributed by atoms with van der Waals surface area (Å²) in [5, 5.41) is 10.2. The third-order valence-electron chi connectivity index (χ3n) is 10.0. The molecule has 4 heterocycles. The van der Waals surface area contributed by atoms with Gasteiger partial charge in [0.25, 0.3) is 0 Å². The molecule has 0 saturated heterocycles. The van der Waals surface area contributed by atoms with Crippen molar-refractivity contribution < 1.29 is 8.83 Å². The molecule has 240 valence electrons. The molecule has 0 saturated carbocycles. The van der Waals surface area contributed by atoms with E-state index in [0.717, 1.165) is 93.9 Å². The molecule has 0 bridgehead atoms. The number of para-hydroxylation sites is 3. The number of fused-ring (bicyclic) bond motifs is 10. The zero-order chi connectivity index (χ0) is 33.5. The van der Waals surface area contributed by atoms with E-state index in [9.17, 15) is 0 Å². The molecule has 0 amide bonds. The van der Waals surface area contributed by atoms with E-state index in [-0.39, 0.29) is 0 Å². The smallest absolute Gasteiger partial charge is 0.159 e. The van der Waals surface area contributed by atoms with Gasteiger partial charge in [0.05, 0.1) is 22.1 Å². The summed E-state index contributed by atoms with van der Waals surface area (Å²) >= 11 is 0. The highest BCUT2D eigenvalue weighted by Gasteiger charge is 2.27. The normalized spacial score (nSPS) is 14.9. The zero-order valence-electron chi connectivity index (χ0n) is 27.2. The molecular formula is C45H28N4O2. The molecule has 51 heavy (non-hydrogen) atoms. The molecule has 11 rings (SSSR count). The minimum Gasteiger partial charge on any atom is -0.456 e. The van der Waals surface area contributed by atoms with E-state index in [2.05, 4.69) is 107 Å². The molecule has 1 unspecified atom stereocenters. The van der Waals surface area contributed by atoms with Crippen LogP contribution < -0.4 is 5.32 Å². The van der Waals surface area contributed by atoms with Crippen LogP contribution in [0, 0.1) is 0 Å². The van der Waals surface area contributed by atoms with Gasteiger partial charge in [-0.25, -0.2) is 9.98 Å². The quantitative estimate of drug-likeness (QED) is 0.205. The molecule has 0 spiro atoms. The van der Waals surface area contributed by atoms with Crippen molar-refractivity contribution >= 4 is 77.4 Å². The number of amidine groups is 2. The van der Waals surface area contributed by atoms with Gasteiger partial charge in [0, 0.05) is 49.7 Å². The number of nitrogens with one attached hydrogen (secondary N) is 1. The van der Waals surface area contributed by atoms with Crippen molar-refractivity contribution in [3.8, 4) is 5.69 Å². The van der Waals surface area contributed by atoms with Crippen LogP contribution in [0.5, 0.6) is 0 Å². The van der Waals surface area contributed by atoms with Crippen molar-refractivity contribution in [2.24, 2.45) is 9.98 Å². The summed E-state index contributed by atoms with van der Waals surface area (Å²) < 4.78 is 15.6. The number of nitrogens with zero attached hydrogens (tertiary/aromatic N) is 3. The lowest BCUT2D eigenvalue weighted by Gasteiger charge is -2.25. The van der Waals surface area contributed by atoms with Crippen LogP contribution in [0.4, 0.5) is 0 Å². The van der Waals surface area contributed by atoms with Crippen LogP contribution in [0.2, 0.25) is 0 Å². The maximum atomic E-state index is 6.64. The summed E-state index contributed by atoms with van der Waals surface area (Å²) in [6.07, 6.45) is -0.452. The standard InChI is InChI=1S/C45H28N4O2/c1-3-13-27(14-4-1)43-46-44(28-15-5-2-6-16-28)48-45(47-43)34-25-29(26-39-40(34)33-19-9-12-22-38(33)50-39)49-35-20-10-7-18-32(35)41-36(49)24-23-31-30-17-8-11-21-37(30)51-42(31)41/h1-26,45H,(H,46,47,48). The average molecular weight is 657 g/mol. The second-order valence-corrected chi connectivity index (χ2v) is 13.0. The van der Waals surface area contributed by atoms with E-state index in [1.165, 1.54) is 0 Å². The van der Waals surface area contributed by atoms with Crippen LogP contribution >= 0.6 is 0 Å². The summed E-state index contributed by atoms with van der Waals surface area (Å²) in [6.45, 7) is 0. The monoisotopic (exact) mass is 656 g/mol. The Kier molecular flexibility index (Phi) is 5.92. The number of furan rings is 2. The van der Waals surface area contributed by atoms with Crippen molar-refractivity contribution in [1.82, 2.24) is 9.88 Å². The van der Waals surface area contributed by atoms with E-state index in [0.29, 0.717) is 5.84 Å². The van der Waals surface area contributed by atoms with Crippen molar-refractivity contribution in [3.63, 3.8) is 0 Å². The van der Waals surface area contributed by atoms with Gasteiger partial charge < -0.3 is 18.7 Å². The van der Waals surface area contributed by atoms with Gasteiger partial charge >= 0.3 is 0 Å². The first-order valence-electron chi connectivity index (χ1n) is 17.1. The molecule has 1 N–H and O–H groups in total. The van der Waals surface area contributed by atoms with Crippen LogP contribution in [-0.4, -0.2) is 16.2 Å². The second-order valence-electron chi connectivity index (χ2n) is 13.0. The average Bonchev–Trinajstić information content (AvgIpc) is 3.87. The number of hydrogen-bond donors (Lipinski definition) is 1. The molecule has 7 aromatic carbocycles. The first-order chi connectivity index (χ1) is 25.3. The predicted octanol–water partition coefficient (Wildman–Crippen LogP) is 11.1. The Hall–Kier alpha value is -6.92. The van der Waals surface area contributed by atoms with Crippen molar-refractivity contribution in [2.45, 2.75) is 6.17 Å². The van der Waals surface area contributed by atoms with E-state index in [1.54, 1.807) is 0 Å². The van der Waals surface area contributed by atoms with Crippen LogP contribution in [0.15, 0.2) is 177 Å². The first kappa shape index (κ1) is 28.0. The number of hydrogen-bond acceptors (Lipinski definition) is 5. The summed E-state index contributed by atoms with van der Waals surface area (Å²) in [7, 11) is 0.